The Morgan fingerprint density at radius 2 is 1.54 bits per heavy atom. The van der Waals surface area contributed by atoms with E-state index in [-0.39, 0.29) is 48.8 Å². The fourth-order valence-corrected chi connectivity index (χ4v) is 5.11. The van der Waals surface area contributed by atoms with Crippen molar-refractivity contribution in [3.8, 4) is 11.5 Å². The van der Waals surface area contributed by atoms with E-state index in [0.717, 1.165) is 10.5 Å². The number of ketones is 1. The highest BCUT2D eigenvalue weighted by atomic mass is 35.5. The molecule has 1 fully saturated rings. The van der Waals surface area contributed by atoms with Crippen LogP contribution in [0.2, 0.25) is 15.1 Å². The molecule has 1 saturated heterocycles. The molecule has 0 aromatic heterocycles. The molecule has 37 heavy (non-hydrogen) atoms. The van der Waals surface area contributed by atoms with Gasteiger partial charge in [0.2, 0.25) is 0 Å². The third kappa shape index (κ3) is 4.89. The Hall–Kier alpha value is -3.19. The van der Waals surface area contributed by atoms with Gasteiger partial charge in [-0.2, -0.15) is 0 Å². The van der Waals surface area contributed by atoms with Gasteiger partial charge in [0, 0.05) is 10.6 Å². The topological polar surface area (TPSA) is 87.1 Å². The summed E-state index contributed by atoms with van der Waals surface area (Å²) < 4.78 is 5.17. The van der Waals surface area contributed by atoms with Crippen molar-refractivity contribution in [1.82, 2.24) is 0 Å². The average Bonchev–Trinajstić information content (AvgIpc) is 3.09. The zero-order valence-corrected chi connectivity index (χ0v) is 22.7. The van der Waals surface area contributed by atoms with Crippen LogP contribution in [-0.2, 0) is 15.0 Å². The van der Waals surface area contributed by atoms with Gasteiger partial charge in [-0.05, 0) is 46.9 Å². The lowest BCUT2D eigenvalue weighted by molar-refractivity contribution is -0.132. The van der Waals surface area contributed by atoms with E-state index >= 15 is 0 Å². The minimum atomic E-state index is -1.07. The van der Waals surface area contributed by atoms with Gasteiger partial charge in [0.15, 0.2) is 5.75 Å². The van der Waals surface area contributed by atoms with E-state index in [1.807, 2.05) is 12.1 Å². The molecule has 1 atom stereocenters. The normalized spacial score (nSPS) is 17.4. The van der Waals surface area contributed by atoms with Crippen molar-refractivity contribution < 1.29 is 24.5 Å². The van der Waals surface area contributed by atoms with E-state index in [1.54, 1.807) is 12.1 Å². The van der Waals surface area contributed by atoms with Gasteiger partial charge < -0.3 is 14.9 Å². The number of aromatic hydroxyl groups is 1. The van der Waals surface area contributed by atoms with Gasteiger partial charge in [-0.25, -0.2) is 0 Å². The van der Waals surface area contributed by atoms with Crippen LogP contribution in [0.3, 0.4) is 0 Å². The summed E-state index contributed by atoms with van der Waals surface area (Å²) in [6.07, 6.45) is 0. The summed E-state index contributed by atoms with van der Waals surface area (Å²) >= 11 is 18.7. The number of ether oxygens (including phenoxy) is 1. The van der Waals surface area contributed by atoms with Crippen molar-refractivity contribution in [2.24, 2.45) is 0 Å². The number of benzene rings is 3. The largest absolute Gasteiger partial charge is 0.507 e. The first-order valence-corrected chi connectivity index (χ1v) is 12.4. The molecule has 1 aliphatic rings. The highest BCUT2D eigenvalue weighted by Gasteiger charge is 2.48. The number of methoxy groups -OCH3 is 1. The number of aliphatic hydroxyl groups excluding tert-OH is 1. The maximum atomic E-state index is 13.4. The molecule has 192 valence electrons. The van der Waals surface area contributed by atoms with Crippen LogP contribution in [0, 0.1) is 0 Å². The maximum absolute atomic E-state index is 13.4. The molecule has 0 saturated carbocycles. The third-order valence-corrected chi connectivity index (χ3v) is 7.01. The fourth-order valence-electron chi connectivity index (χ4n) is 4.30. The summed E-state index contributed by atoms with van der Waals surface area (Å²) in [5, 5.41) is 22.4. The predicted molar refractivity (Wildman–Crippen MR) is 146 cm³/mol. The number of rotatable bonds is 4. The van der Waals surface area contributed by atoms with Crippen molar-refractivity contribution in [3.63, 3.8) is 0 Å². The Bertz CT molecular complexity index is 1420. The van der Waals surface area contributed by atoms with E-state index in [9.17, 15) is 19.8 Å². The second-order valence-corrected chi connectivity index (χ2v) is 10.9. The number of nitrogens with zero attached hydrogens (tertiary/aromatic N) is 1. The number of carbonyl (C=O) groups is 2. The van der Waals surface area contributed by atoms with Gasteiger partial charge in [-0.3, -0.25) is 14.5 Å². The molecule has 1 heterocycles. The lowest BCUT2D eigenvalue weighted by Gasteiger charge is -2.27. The average molecular weight is 561 g/mol. The first kappa shape index (κ1) is 26.9. The number of anilines is 1. The van der Waals surface area contributed by atoms with Gasteiger partial charge in [-0.15, -0.1) is 0 Å². The number of phenolic OH excluding ortho intramolecular Hbond substituents is 1. The molecule has 0 aliphatic carbocycles. The third-order valence-electron chi connectivity index (χ3n) is 6.21. The van der Waals surface area contributed by atoms with Gasteiger partial charge in [0.1, 0.15) is 11.5 Å². The number of amides is 1. The number of phenols is 1. The van der Waals surface area contributed by atoms with Crippen LogP contribution in [0.25, 0.3) is 5.76 Å². The van der Waals surface area contributed by atoms with E-state index in [2.05, 4.69) is 20.8 Å². The first-order chi connectivity index (χ1) is 17.3. The highest BCUT2D eigenvalue weighted by molar-refractivity contribution is 6.52. The molecule has 0 radical (unpaired) electrons. The molecule has 3 aromatic carbocycles. The summed E-state index contributed by atoms with van der Waals surface area (Å²) in [5.41, 5.74) is 1.41. The minimum absolute atomic E-state index is 0.0318. The van der Waals surface area contributed by atoms with Crippen molar-refractivity contribution >= 4 is 57.9 Å². The molecule has 3 aromatic rings. The zero-order chi connectivity index (χ0) is 27.2. The summed E-state index contributed by atoms with van der Waals surface area (Å²) in [5.74, 6) is -2.39. The van der Waals surface area contributed by atoms with Crippen molar-refractivity contribution in [3.05, 3.63) is 91.9 Å². The summed E-state index contributed by atoms with van der Waals surface area (Å²) in [7, 11) is 1.40. The molecular weight excluding hydrogens is 537 g/mol. The summed E-state index contributed by atoms with van der Waals surface area (Å²) in [6.45, 7) is 6.19. The highest BCUT2D eigenvalue weighted by Crippen LogP contribution is 2.46. The monoisotopic (exact) mass is 559 g/mol. The van der Waals surface area contributed by atoms with Gasteiger partial charge in [-0.1, -0.05) is 79.8 Å². The van der Waals surface area contributed by atoms with Crippen molar-refractivity contribution in [1.29, 1.82) is 0 Å². The van der Waals surface area contributed by atoms with Crippen LogP contribution in [-0.4, -0.2) is 29.0 Å². The van der Waals surface area contributed by atoms with E-state index < -0.39 is 23.5 Å². The summed E-state index contributed by atoms with van der Waals surface area (Å²) in [6, 6.07) is 13.3. The molecule has 1 unspecified atom stereocenters. The van der Waals surface area contributed by atoms with E-state index in [1.165, 1.54) is 37.4 Å². The zero-order valence-electron chi connectivity index (χ0n) is 20.5. The molecule has 1 amide bonds. The van der Waals surface area contributed by atoms with Crippen LogP contribution < -0.4 is 9.64 Å². The molecule has 1 aliphatic heterocycles. The standard InChI is InChI=1S/C28H24Cl3NO5/c1-28(2,3)16-7-5-14(6-8-16)23-22(24(34)15-11-18(30)26(37-4)19(31)12-15)25(35)27(36)32(23)20-13-17(29)9-10-21(20)33/h5-13,23,33-34H,1-4H3/b24-22+. The van der Waals surface area contributed by atoms with Crippen LogP contribution in [0.1, 0.15) is 43.5 Å². The van der Waals surface area contributed by atoms with Crippen molar-refractivity contribution in [2.45, 2.75) is 32.2 Å². The molecule has 0 bridgehead atoms. The van der Waals surface area contributed by atoms with Gasteiger partial charge >= 0.3 is 0 Å². The number of aliphatic hydroxyl groups is 1. The van der Waals surface area contributed by atoms with Crippen LogP contribution in [0.5, 0.6) is 11.5 Å². The number of Topliss-reactive ketones (excluding diaryl/α,β-unsaturated/α-hetero) is 1. The first-order valence-electron chi connectivity index (χ1n) is 11.3. The SMILES string of the molecule is COc1c(Cl)cc(/C(O)=C2\C(=O)C(=O)N(c3cc(Cl)ccc3O)C2c2ccc(C(C)(C)C)cc2)cc1Cl. The lowest BCUT2D eigenvalue weighted by atomic mass is 9.85. The van der Waals surface area contributed by atoms with Gasteiger partial charge in [0.05, 0.1) is 34.5 Å². The van der Waals surface area contributed by atoms with Crippen LogP contribution in [0.15, 0.2) is 60.2 Å². The molecule has 2 N–H and O–H groups in total. The molecular formula is C28H24Cl3NO5. The van der Waals surface area contributed by atoms with Crippen LogP contribution in [0.4, 0.5) is 5.69 Å². The number of halogens is 3. The van der Waals surface area contributed by atoms with Crippen molar-refractivity contribution in [2.75, 3.05) is 12.0 Å². The number of hydrogen-bond acceptors (Lipinski definition) is 5. The Morgan fingerprint density at radius 1 is 0.946 bits per heavy atom. The number of hydrogen-bond donors (Lipinski definition) is 2. The Morgan fingerprint density at radius 3 is 2.08 bits per heavy atom. The van der Waals surface area contributed by atoms with E-state index in [4.69, 9.17) is 39.5 Å². The smallest absolute Gasteiger partial charge is 0.300 e. The molecule has 0 spiro atoms. The molecule has 9 heteroatoms. The minimum Gasteiger partial charge on any atom is -0.507 e. The molecule has 6 nitrogen and oxygen atoms in total. The number of carbonyl (C=O) groups excluding carboxylic acids is 2. The second kappa shape index (κ2) is 9.93. The quantitative estimate of drug-likeness (QED) is 0.199. The summed E-state index contributed by atoms with van der Waals surface area (Å²) in [4.78, 5) is 27.9. The second-order valence-electron chi connectivity index (χ2n) is 9.65. The Balaban J connectivity index is 1.98. The molecule has 4 rings (SSSR count). The maximum Gasteiger partial charge on any atom is 0.300 e. The Kier molecular flexibility index (Phi) is 7.21. The van der Waals surface area contributed by atoms with E-state index in [0.29, 0.717) is 5.56 Å². The predicted octanol–water partition coefficient (Wildman–Crippen LogP) is 7.28. The van der Waals surface area contributed by atoms with Gasteiger partial charge in [0.25, 0.3) is 11.7 Å². The lowest BCUT2D eigenvalue weighted by Crippen LogP contribution is -2.29. The van der Waals surface area contributed by atoms with Crippen LogP contribution >= 0.6 is 34.8 Å². The Labute approximate surface area is 229 Å². The fraction of sp³-hybridized carbons (Fsp3) is 0.214.